The van der Waals surface area contributed by atoms with E-state index in [0.717, 1.165) is 4.47 Å². The molecule has 1 amide bonds. The van der Waals surface area contributed by atoms with Crippen molar-refractivity contribution >= 4 is 55.1 Å². The van der Waals surface area contributed by atoms with Gasteiger partial charge in [0, 0.05) is 8.95 Å². The van der Waals surface area contributed by atoms with Crippen molar-refractivity contribution in [3.8, 4) is 6.07 Å². The molecule has 2 aromatic carbocycles. The Kier molecular flexibility index (Phi) is 4.81. The maximum Gasteiger partial charge on any atom is 0.256 e. The lowest BCUT2D eigenvalue weighted by Gasteiger charge is -2.09. The van der Waals surface area contributed by atoms with Gasteiger partial charge in [0.05, 0.1) is 27.9 Å². The molecule has 0 saturated carbocycles. The summed E-state index contributed by atoms with van der Waals surface area (Å²) in [4.78, 5) is 12.2. The van der Waals surface area contributed by atoms with Gasteiger partial charge < -0.3 is 5.32 Å². The molecule has 2 aromatic rings. The SMILES string of the molecule is N#Cc1ccc(NC(=O)c2cc(Br)ccc2Br)c(Cl)c1. The number of carbonyl (C=O) groups is 1. The van der Waals surface area contributed by atoms with Crippen LogP contribution >= 0.6 is 43.5 Å². The van der Waals surface area contributed by atoms with Gasteiger partial charge in [0.1, 0.15) is 0 Å². The Hall–Kier alpha value is -1.35. The summed E-state index contributed by atoms with van der Waals surface area (Å²) in [7, 11) is 0. The number of rotatable bonds is 2. The summed E-state index contributed by atoms with van der Waals surface area (Å²) in [5, 5.41) is 11.8. The van der Waals surface area contributed by atoms with Gasteiger partial charge in [-0.3, -0.25) is 4.79 Å². The van der Waals surface area contributed by atoms with Crippen molar-refractivity contribution in [1.82, 2.24) is 0 Å². The number of benzene rings is 2. The predicted octanol–water partition coefficient (Wildman–Crippen LogP) is 4.99. The summed E-state index contributed by atoms with van der Waals surface area (Å²) >= 11 is 12.7. The minimum absolute atomic E-state index is 0.287. The molecule has 100 valence electrons. The van der Waals surface area contributed by atoms with Crippen molar-refractivity contribution in [2.24, 2.45) is 0 Å². The van der Waals surface area contributed by atoms with E-state index < -0.39 is 0 Å². The molecule has 0 fully saturated rings. The fraction of sp³-hybridized carbons (Fsp3) is 0. The molecule has 0 unspecified atom stereocenters. The highest BCUT2D eigenvalue weighted by molar-refractivity contribution is 9.11. The summed E-state index contributed by atoms with van der Waals surface area (Å²) in [6.07, 6.45) is 0. The first kappa shape index (κ1) is 15.0. The first-order valence-electron chi connectivity index (χ1n) is 5.47. The second-order valence-electron chi connectivity index (χ2n) is 3.88. The van der Waals surface area contributed by atoms with Gasteiger partial charge in [-0.1, -0.05) is 27.5 Å². The van der Waals surface area contributed by atoms with E-state index in [4.69, 9.17) is 16.9 Å². The molecule has 0 saturated heterocycles. The van der Waals surface area contributed by atoms with Crippen LogP contribution in [0, 0.1) is 11.3 Å². The maximum atomic E-state index is 12.2. The van der Waals surface area contributed by atoms with Crippen molar-refractivity contribution < 1.29 is 4.79 Å². The third-order valence-corrected chi connectivity index (χ3v) is 4.02. The van der Waals surface area contributed by atoms with Crippen molar-refractivity contribution in [3.63, 3.8) is 0 Å². The Morgan fingerprint density at radius 1 is 1.20 bits per heavy atom. The van der Waals surface area contributed by atoms with E-state index in [1.807, 2.05) is 12.1 Å². The van der Waals surface area contributed by atoms with Crippen LogP contribution in [0.2, 0.25) is 5.02 Å². The number of nitrogens with zero attached hydrogens (tertiary/aromatic N) is 1. The van der Waals surface area contributed by atoms with Crippen LogP contribution < -0.4 is 5.32 Å². The van der Waals surface area contributed by atoms with E-state index >= 15 is 0 Å². The molecule has 0 spiro atoms. The zero-order valence-corrected chi connectivity index (χ0v) is 13.9. The molecule has 20 heavy (non-hydrogen) atoms. The van der Waals surface area contributed by atoms with Crippen molar-refractivity contribution in [1.29, 1.82) is 5.26 Å². The van der Waals surface area contributed by atoms with E-state index in [1.54, 1.807) is 24.3 Å². The third-order valence-electron chi connectivity index (χ3n) is 2.52. The van der Waals surface area contributed by atoms with Gasteiger partial charge in [0.25, 0.3) is 5.91 Å². The average Bonchev–Trinajstić information content (AvgIpc) is 2.43. The Morgan fingerprint density at radius 2 is 1.95 bits per heavy atom. The molecular weight excluding hydrogens is 407 g/mol. The second kappa shape index (κ2) is 6.40. The van der Waals surface area contributed by atoms with Gasteiger partial charge in [0.2, 0.25) is 0 Å². The van der Waals surface area contributed by atoms with Crippen LogP contribution in [-0.2, 0) is 0 Å². The standard InChI is InChI=1S/C14H7Br2ClN2O/c15-9-2-3-11(16)10(6-9)14(20)19-13-4-1-8(7-18)5-12(13)17/h1-6H,(H,19,20). The first-order valence-corrected chi connectivity index (χ1v) is 7.43. The number of halogens is 3. The molecule has 0 heterocycles. The summed E-state index contributed by atoms with van der Waals surface area (Å²) in [6.45, 7) is 0. The zero-order chi connectivity index (χ0) is 14.7. The molecule has 3 nitrogen and oxygen atoms in total. The van der Waals surface area contributed by atoms with Crippen molar-refractivity contribution in [2.45, 2.75) is 0 Å². The minimum Gasteiger partial charge on any atom is -0.321 e. The Balaban J connectivity index is 2.28. The van der Waals surface area contributed by atoms with E-state index in [1.165, 1.54) is 6.07 Å². The number of carbonyl (C=O) groups excluding carboxylic acids is 1. The largest absolute Gasteiger partial charge is 0.321 e. The molecule has 0 atom stereocenters. The highest BCUT2D eigenvalue weighted by atomic mass is 79.9. The number of nitrogens with one attached hydrogen (secondary N) is 1. The lowest BCUT2D eigenvalue weighted by atomic mass is 10.2. The third kappa shape index (κ3) is 3.40. The molecule has 2 rings (SSSR count). The number of nitriles is 1. The molecule has 0 aromatic heterocycles. The molecule has 0 aliphatic rings. The second-order valence-corrected chi connectivity index (χ2v) is 6.06. The van der Waals surface area contributed by atoms with Crippen LogP contribution in [-0.4, -0.2) is 5.91 Å². The van der Waals surface area contributed by atoms with Crippen LogP contribution in [0.25, 0.3) is 0 Å². The molecule has 0 bridgehead atoms. The number of hydrogen-bond acceptors (Lipinski definition) is 2. The monoisotopic (exact) mass is 412 g/mol. The highest BCUT2D eigenvalue weighted by Crippen LogP contribution is 2.26. The van der Waals surface area contributed by atoms with Gasteiger partial charge in [-0.25, -0.2) is 0 Å². The number of hydrogen-bond donors (Lipinski definition) is 1. The van der Waals surface area contributed by atoms with Gasteiger partial charge in [-0.05, 0) is 52.3 Å². The maximum absolute atomic E-state index is 12.2. The molecule has 6 heteroatoms. The molecule has 1 N–H and O–H groups in total. The lowest BCUT2D eigenvalue weighted by Crippen LogP contribution is -2.13. The topological polar surface area (TPSA) is 52.9 Å². The van der Waals surface area contributed by atoms with E-state index in [9.17, 15) is 4.79 Å². The van der Waals surface area contributed by atoms with Gasteiger partial charge in [0.15, 0.2) is 0 Å². The molecule has 0 aliphatic carbocycles. The average molecular weight is 414 g/mol. The zero-order valence-electron chi connectivity index (χ0n) is 9.95. The Morgan fingerprint density at radius 3 is 2.60 bits per heavy atom. The normalized spacial score (nSPS) is 9.90. The molecule has 0 aliphatic heterocycles. The van der Waals surface area contributed by atoms with E-state index in [2.05, 4.69) is 37.2 Å². The van der Waals surface area contributed by atoms with E-state index in [-0.39, 0.29) is 5.91 Å². The quantitative estimate of drug-likeness (QED) is 0.753. The first-order chi connectivity index (χ1) is 9.51. The van der Waals surface area contributed by atoms with Crippen LogP contribution in [0.15, 0.2) is 45.3 Å². The van der Waals surface area contributed by atoms with Crippen LogP contribution in [0.3, 0.4) is 0 Å². The molecule has 0 radical (unpaired) electrons. The van der Waals surface area contributed by atoms with E-state index in [0.29, 0.717) is 26.3 Å². The summed E-state index contributed by atoms with van der Waals surface area (Å²) in [5.41, 5.74) is 1.39. The van der Waals surface area contributed by atoms with Gasteiger partial charge in [-0.15, -0.1) is 0 Å². The summed E-state index contributed by atoms with van der Waals surface area (Å²) < 4.78 is 1.49. The van der Waals surface area contributed by atoms with Crippen molar-refractivity contribution in [3.05, 3.63) is 61.5 Å². The predicted molar refractivity (Wildman–Crippen MR) is 86.0 cm³/mol. The number of amides is 1. The fourth-order valence-corrected chi connectivity index (χ4v) is 2.56. The summed E-state index contributed by atoms with van der Waals surface area (Å²) in [5.74, 6) is -0.287. The minimum atomic E-state index is -0.287. The number of anilines is 1. The van der Waals surface area contributed by atoms with Crippen LogP contribution in [0.5, 0.6) is 0 Å². The van der Waals surface area contributed by atoms with Crippen LogP contribution in [0.1, 0.15) is 15.9 Å². The van der Waals surface area contributed by atoms with Crippen molar-refractivity contribution in [2.75, 3.05) is 5.32 Å². The summed E-state index contributed by atoms with van der Waals surface area (Å²) in [6, 6.07) is 12.0. The lowest BCUT2D eigenvalue weighted by molar-refractivity contribution is 0.102. The Labute approximate surface area is 137 Å². The fourth-order valence-electron chi connectivity index (χ4n) is 1.55. The smallest absolute Gasteiger partial charge is 0.256 e. The van der Waals surface area contributed by atoms with Gasteiger partial charge in [-0.2, -0.15) is 5.26 Å². The Bertz CT molecular complexity index is 726. The van der Waals surface area contributed by atoms with Crippen LogP contribution in [0.4, 0.5) is 5.69 Å². The molecular formula is C14H7Br2ClN2O. The van der Waals surface area contributed by atoms with Gasteiger partial charge >= 0.3 is 0 Å². The highest BCUT2D eigenvalue weighted by Gasteiger charge is 2.12.